The van der Waals surface area contributed by atoms with Gasteiger partial charge in [-0.2, -0.15) is 0 Å². The van der Waals surface area contributed by atoms with Crippen molar-refractivity contribution in [1.82, 2.24) is 25.5 Å². The van der Waals surface area contributed by atoms with Crippen LogP contribution in [0.2, 0.25) is 0 Å². The maximum Gasteiger partial charge on any atom is 0.315 e. The molecular formula is C28H39N5O5. The Kier molecular flexibility index (Phi) is 9.25. The number of piperidine rings is 1. The quantitative estimate of drug-likeness (QED) is 0.317. The lowest BCUT2D eigenvalue weighted by Gasteiger charge is -2.43. The summed E-state index contributed by atoms with van der Waals surface area (Å²) in [4.78, 5) is 46.5. The predicted molar refractivity (Wildman–Crippen MR) is 142 cm³/mol. The van der Waals surface area contributed by atoms with Crippen LogP contribution in [0, 0.1) is 11.3 Å². The molecule has 1 aliphatic carbocycles. The molecule has 2 heterocycles. The first-order valence-corrected chi connectivity index (χ1v) is 13.5. The molecule has 1 aromatic heterocycles. The lowest BCUT2D eigenvalue weighted by Crippen LogP contribution is -2.54. The van der Waals surface area contributed by atoms with Gasteiger partial charge in [0.25, 0.3) is 0 Å². The van der Waals surface area contributed by atoms with E-state index in [9.17, 15) is 19.5 Å². The van der Waals surface area contributed by atoms with E-state index in [-0.39, 0.29) is 17.7 Å². The summed E-state index contributed by atoms with van der Waals surface area (Å²) in [6, 6.07) is 6.39. The standard InChI is InChI=1S/C28H39N5O5/c1-38-23-6-4-20(5-7-23)16-24(32-27(37)30-13-9-22-18-29-19-31-22)26(36)33-14-11-28(12-15-33,10-8-25(34)35)17-21-2-3-21/h4-7,18-19,21,24H,2-3,8-17H2,1H3,(H,29,31)(H,34,35)(H2,30,32,37). The fourth-order valence-electron chi connectivity index (χ4n) is 5.42. The first-order chi connectivity index (χ1) is 18.4. The molecule has 0 spiro atoms. The smallest absolute Gasteiger partial charge is 0.315 e. The van der Waals surface area contributed by atoms with Crippen LogP contribution >= 0.6 is 0 Å². The molecule has 4 N–H and O–H groups in total. The fourth-order valence-corrected chi connectivity index (χ4v) is 5.42. The number of aromatic nitrogens is 2. The van der Waals surface area contributed by atoms with Gasteiger partial charge in [-0.05, 0) is 54.7 Å². The largest absolute Gasteiger partial charge is 0.497 e. The zero-order valence-corrected chi connectivity index (χ0v) is 22.1. The second-order valence-corrected chi connectivity index (χ2v) is 10.7. The van der Waals surface area contributed by atoms with E-state index in [1.54, 1.807) is 19.6 Å². The van der Waals surface area contributed by atoms with Gasteiger partial charge in [0.05, 0.1) is 13.4 Å². The molecule has 3 amide bonds. The Labute approximate surface area is 223 Å². The zero-order chi connectivity index (χ0) is 27.0. The summed E-state index contributed by atoms with van der Waals surface area (Å²) in [6.07, 6.45) is 10.2. The van der Waals surface area contributed by atoms with Crippen molar-refractivity contribution in [1.29, 1.82) is 0 Å². The van der Waals surface area contributed by atoms with Gasteiger partial charge >= 0.3 is 12.0 Å². The molecule has 10 nitrogen and oxygen atoms in total. The highest BCUT2D eigenvalue weighted by atomic mass is 16.5. The number of ether oxygens (including phenoxy) is 1. The second kappa shape index (κ2) is 12.8. The second-order valence-electron chi connectivity index (χ2n) is 10.7. The van der Waals surface area contributed by atoms with Crippen molar-refractivity contribution in [3.63, 3.8) is 0 Å². The van der Waals surface area contributed by atoms with Crippen LogP contribution in [0.25, 0.3) is 0 Å². The minimum atomic E-state index is -0.763. The maximum atomic E-state index is 13.7. The van der Waals surface area contributed by atoms with E-state index >= 15 is 0 Å². The van der Waals surface area contributed by atoms with E-state index in [2.05, 4.69) is 20.6 Å². The number of carbonyl (C=O) groups is 3. The number of rotatable bonds is 13. The summed E-state index contributed by atoms with van der Waals surface area (Å²) in [7, 11) is 1.60. The number of carbonyl (C=O) groups excluding carboxylic acids is 2. The van der Waals surface area contributed by atoms with E-state index in [0.29, 0.717) is 44.8 Å². The molecule has 0 bridgehead atoms. The number of nitrogens with one attached hydrogen (secondary N) is 3. The Morgan fingerprint density at radius 2 is 1.95 bits per heavy atom. The molecule has 4 rings (SSSR count). The number of aliphatic carboxylic acids is 1. The van der Waals surface area contributed by atoms with E-state index < -0.39 is 18.0 Å². The molecule has 1 unspecified atom stereocenters. The van der Waals surface area contributed by atoms with Gasteiger partial charge in [0, 0.05) is 50.8 Å². The van der Waals surface area contributed by atoms with Crippen LogP contribution in [-0.4, -0.2) is 70.7 Å². The number of H-pyrrole nitrogens is 1. The van der Waals surface area contributed by atoms with Crippen molar-refractivity contribution < 1.29 is 24.2 Å². The zero-order valence-electron chi connectivity index (χ0n) is 22.1. The average Bonchev–Trinajstić information content (AvgIpc) is 3.57. The van der Waals surface area contributed by atoms with E-state index in [1.807, 2.05) is 29.2 Å². The Balaban J connectivity index is 1.38. The normalized spacial score (nSPS) is 17.4. The highest BCUT2D eigenvalue weighted by Crippen LogP contribution is 2.48. The van der Waals surface area contributed by atoms with Gasteiger partial charge in [0.2, 0.25) is 5.91 Å². The third kappa shape index (κ3) is 7.97. The molecule has 1 atom stereocenters. The first-order valence-electron chi connectivity index (χ1n) is 13.5. The number of hydrogen-bond acceptors (Lipinski definition) is 5. The number of amides is 3. The van der Waals surface area contributed by atoms with Crippen molar-refractivity contribution in [3.05, 3.63) is 48.0 Å². The molecule has 206 valence electrons. The number of urea groups is 1. The predicted octanol–water partition coefficient (Wildman–Crippen LogP) is 3.15. The van der Waals surface area contributed by atoms with Crippen LogP contribution < -0.4 is 15.4 Å². The summed E-state index contributed by atoms with van der Waals surface area (Å²) in [6.45, 7) is 1.56. The minimum Gasteiger partial charge on any atom is -0.497 e. The number of likely N-dealkylation sites (tertiary alicyclic amines) is 1. The lowest BCUT2D eigenvalue weighted by atomic mass is 9.71. The Hall–Kier alpha value is -3.56. The summed E-state index contributed by atoms with van der Waals surface area (Å²) in [5.74, 6) is 0.551. The highest BCUT2D eigenvalue weighted by Gasteiger charge is 2.41. The van der Waals surface area contributed by atoms with Crippen LogP contribution in [0.4, 0.5) is 4.79 Å². The average molecular weight is 526 g/mol. The molecule has 2 aromatic rings. The van der Waals surface area contributed by atoms with Crippen molar-refractivity contribution in [2.75, 3.05) is 26.7 Å². The molecule has 1 saturated carbocycles. The van der Waals surface area contributed by atoms with Crippen LogP contribution in [0.15, 0.2) is 36.8 Å². The number of imidazole rings is 1. The van der Waals surface area contributed by atoms with E-state index in [1.165, 1.54) is 12.8 Å². The monoisotopic (exact) mass is 525 g/mol. The third-order valence-electron chi connectivity index (χ3n) is 7.86. The number of methoxy groups -OCH3 is 1. The number of benzene rings is 1. The minimum absolute atomic E-state index is 0.0146. The van der Waals surface area contributed by atoms with Crippen LogP contribution in [0.1, 0.15) is 56.2 Å². The van der Waals surface area contributed by atoms with E-state index in [4.69, 9.17) is 4.74 Å². The van der Waals surface area contributed by atoms with Gasteiger partial charge in [-0.1, -0.05) is 25.0 Å². The Morgan fingerprint density at radius 3 is 2.55 bits per heavy atom. The first kappa shape index (κ1) is 27.5. The lowest BCUT2D eigenvalue weighted by molar-refractivity contribution is -0.139. The van der Waals surface area contributed by atoms with Gasteiger partial charge in [0.15, 0.2) is 0 Å². The topological polar surface area (TPSA) is 137 Å². The molecule has 1 aromatic carbocycles. The van der Waals surface area contributed by atoms with Gasteiger partial charge < -0.3 is 30.4 Å². The van der Waals surface area contributed by atoms with Crippen molar-refractivity contribution in [2.24, 2.45) is 11.3 Å². The van der Waals surface area contributed by atoms with Crippen LogP contribution in [0.5, 0.6) is 5.75 Å². The molecule has 1 saturated heterocycles. The Bertz CT molecular complexity index is 1060. The maximum absolute atomic E-state index is 13.7. The van der Waals surface area contributed by atoms with Gasteiger partial charge in [-0.15, -0.1) is 0 Å². The number of carboxylic acids is 1. The van der Waals surface area contributed by atoms with Crippen molar-refractivity contribution in [2.45, 2.75) is 63.8 Å². The highest BCUT2D eigenvalue weighted by molar-refractivity contribution is 5.87. The van der Waals surface area contributed by atoms with Crippen molar-refractivity contribution >= 4 is 17.9 Å². The third-order valence-corrected chi connectivity index (χ3v) is 7.86. The number of aromatic amines is 1. The summed E-state index contributed by atoms with van der Waals surface area (Å²) in [5, 5.41) is 15.0. The SMILES string of the molecule is COc1ccc(CC(NC(=O)NCCc2cnc[nH]2)C(=O)N2CCC(CCC(=O)O)(CC3CC3)CC2)cc1. The molecule has 0 radical (unpaired) electrons. The summed E-state index contributed by atoms with van der Waals surface area (Å²) in [5.41, 5.74) is 1.82. The number of nitrogens with zero attached hydrogens (tertiary/aromatic N) is 2. The van der Waals surface area contributed by atoms with Crippen LogP contribution in [-0.2, 0) is 22.4 Å². The molecule has 2 fully saturated rings. The fraction of sp³-hybridized carbons (Fsp3) is 0.571. The van der Waals surface area contributed by atoms with Crippen molar-refractivity contribution in [3.8, 4) is 5.75 Å². The Morgan fingerprint density at radius 1 is 1.21 bits per heavy atom. The molecule has 2 aliphatic rings. The summed E-state index contributed by atoms with van der Waals surface area (Å²) < 4.78 is 5.24. The van der Waals surface area contributed by atoms with Gasteiger partial charge in [-0.3, -0.25) is 9.59 Å². The van der Waals surface area contributed by atoms with Crippen LogP contribution in [0.3, 0.4) is 0 Å². The molecule has 1 aliphatic heterocycles. The number of carboxylic acid groups (broad SMARTS) is 1. The molecule has 10 heteroatoms. The summed E-state index contributed by atoms with van der Waals surface area (Å²) >= 11 is 0. The molecular weight excluding hydrogens is 486 g/mol. The van der Waals surface area contributed by atoms with Gasteiger partial charge in [-0.25, -0.2) is 9.78 Å². The van der Waals surface area contributed by atoms with Gasteiger partial charge in [0.1, 0.15) is 11.8 Å². The number of hydrogen-bond donors (Lipinski definition) is 4. The van der Waals surface area contributed by atoms with E-state index in [0.717, 1.165) is 36.3 Å². The molecule has 38 heavy (non-hydrogen) atoms.